The van der Waals surface area contributed by atoms with Gasteiger partial charge in [0.1, 0.15) is 5.82 Å². The minimum absolute atomic E-state index is 0.712. The Morgan fingerprint density at radius 1 is 1.17 bits per heavy atom. The van der Waals surface area contributed by atoms with Crippen LogP contribution >= 0.6 is 0 Å². The van der Waals surface area contributed by atoms with E-state index in [1.807, 2.05) is 6.07 Å². The van der Waals surface area contributed by atoms with E-state index >= 15 is 0 Å². The molecule has 0 amide bonds. The highest BCUT2D eigenvalue weighted by Gasteiger charge is 1.98. The lowest BCUT2D eigenvalue weighted by Crippen LogP contribution is -2.08. The molecule has 1 heterocycles. The molecule has 2 N–H and O–H groups in total. The molecule has 0 radical (unpaired) electrons. The predicted molar refractivity (Wildman–Crippen MR) is 78.0 cm³/mol. The summed E-state index contributed by atoms with van der Waals surface area (Å²) >= 11 is 0. The molecule has 0 saturated heterocycles. The van der Waals surface area contributed by atoms with Gasteiger partial charge in [0.25, 0.3) is 0 Å². The molecule has 18 heavy (non-hydrogen) atoms. The maximum absolute atomic E-state index is 4.41. The summed E-state index contributed by atoms with van der Waals surface area (Å²) in [6, 6.07) is 1.92. The van der Waals surface area contributed by atoms with Crippen LogP contribution in [0, 0.1) is 5.92 Å². The number of nitrogens with zero attached hydrogens (tertiary/aromatic N) is 2. The highest BCUT2D eigenvalue weighted by atomic mass is 15.1. The van der Waals surface area contributed by atoms with Crippen molar-refractivity contribution in [1.29, 1.82) is 0 Å². The normalized spacial score (nSPS) is 10.7. The van der Waals surface area contributed by atoms with Gasteiger partial charge in [0.05, 0.1) is 0 Å². The number of rotatable bonds is 9. The van der Waals surface area contributed by atoms with Gasteiger partial charge in [-0.25, -0.2) is 4.98 Å². The third-order valence-corrected chi connectivity index (χ3v) is 2.70. The van der Waals surface area contributed by atoms with Gasteiger partial charge < -0.3 is 10.6 Å². The molecular weight excluding hydrogens is 224 g/mol. The monoisotopic (exact) mass is 250 g/mol. The van der Waals surface area contributed by atoms with Gasteiger partial charge in [0.2, 0.25) is 5.95 Å². The number of anilines is 2. The van der Waals surface area contributed by atoms with Gasteiger partial charge in [-0.05, 0) is 24.8 Å². The molecule has 4 heteroatoms. The van der Waals surface area contributed by atoms with Crippen LogP contribution in [0.2, 0.25) is 0 Å². The minimum Gasteiger partial charge on any atom is -0.370 e. The first-order chi connectivity index (χ1) is 8.72. The molecule has 0 fully saturated rings. The fourth-order valence-electron chi connectivity index (χ4n) is 1.67. The molecule has 0 aliphatic carbocycles. The van der Waals surface area contributed by atoms with Gasteiger partial charge in [-0.3, -0.25) is 0 Å². The molecule has 0 unspecified atom stereocenters. The Labute approximate surface area is 111 Å². The van der Waals surface area contributed by atoms with Crippen LogP contribution in [-0.4, -0.2) is 23.1 Å². The molecular formula is C14H26N4. The molecule has 4 nitrogen and oxygen atoms in total. The van der Waals surface area contributed by atoms with Crippen LogP contribution in [0.4, 0.5) is 11.8 Å². The molecule has 0 bridgehead atoms. The Kier molecular flexibility index (Phi) is 7.14. The summed E-state index contributed by atoms with van der Waals surface area (Å²) in [6.45, 7) is 8.56. The van der Waals surface area contributed by atoms with E-state index in [1.165, 1.54) is 19.3 Å². The van der Waals surface area contributed by atoms with E-state index in [9.17, 15) is 0 Å². The van der Waals surface area contributed by atoms with Gasteiger partial charge in [-0.2, -0.15) is 4.98 Å². The fraction of sp³-hybridized carbons (Fsp3) is 0.714. The van der Waals surface area contributed by atoms with E-state index < -0.39 is 0 Å². The zero-order valence-corrected chi connectivity index (χ0v) is 11.9. The Morgan fingerprint density at radius 3 is 2.72 bits per heavy atom. The van der Waals surface area contributed by atoms with Crippen molar-refractivity contribution in [2.75, 3.05) is 23.7 Å². The highest BCUT2D eigenvalue weighted by Crippen LogP contribution is 2.08. The zero-order valence-electron chi connectivity index (χ0n) is 11.9. The number of hydrogen-bond donors (Lipinski definition) is 2. The second-order valence-corrected chi connectivity index (χ2v) is 5.01. The quantitative estimate of drug-likeness (QED) is 0.658. The lowest BCUT2D eigenvalue weighted by atomic mass is 10.1. The molecule has 1 aromatic heterocycles. The third kappa shape index (κ3) is 6.42. The largest absolute Gasteiger partial charge is 0.370 e. The number of unbranched alkanes of at least 4 members (excludes halogenated alkanes) is 1. The Morgan fingerprint density at radius 2 is 2.00 bits per heavy atom. The van der Waals surface area contributed by atoms with Gasteiger partial charge in [0.15, 0.2) is 0 Å². The summed E-state index contributed by atoms with van der Waals surface area (Å²) in [5.41, 5.74) is 0. The topological polar surface area (TPSA) is 49.8 Å². The van der Waals surface area contributed by atoms with Crippen LogP contribution in [-0.2, 0) is 0 Å². The van der Waals surface area contributed by atoms with Crippen LogP contribution in [0.3, 0.4) is 0 Å². The highest BCUT2D eigenvalue weighted by molar-refractivity contribution is 5.39. The van der Waals surface area contributed by atoms with Crippen molar-refractivity contribution >= 4 is 11.8 Å². The predicted octanol–water partition coefficient (Wildman–Crippen LogP) is 3.54. The number of hydrogen-bond acceptors (Lipinski definition) is 4. The summed E-state index contributed by atoms with van der Waals surface area (Å²) in [5, 5.41) is 6.53. The standard InChI is InChI=1S/C14H26N4/c1-4-9-16-14-17-11-8-13(18-14)15-10-6-5-7-12(2)3/h8,11-12H,4-7,9-10H2,1-3H3,(H2,15,16,17,18). The van der Waals surface area contributed by atoms with Crippen LogP contribution in [0.25, 0.3) is 0 Å². The average Bonchev–Trinajstić information content (AvgIpc) is 2.36. The van der Waals surface area contributed by atoms with Crippen LogP contribution in [0.5, 0.6) is 0 Å². The molecule has 0 saturated carbocycles. The van der Waals surface area contributed by atoms with Gasteiger partial charge in [0, 0.05) is 19.3 Å². The molecule has 1 rings (SSSR count). The van der Waals surface area contributed by atoms with Crippen molar-refractivity contribution in [3.63, 3.8) is 0 Å². The van der Waals surface area contributed by atoms with Crippen molar-refractivity contribution in [3.05, 3.63) is 12.3 Å². The van der Waals surface area contributed by atoms with Crippen molar-refractivity contribution in [3.8, 4) is 0 Å². The second-order valence-electron chi connectivity index (χ2n) is 5.01. The van der Waals surface area contributed by atoms with Crippen LogP contribution < -0.4 is 10.6 Å². The first-order valence-electron chi connectivity index (χ1n) is 7.03. The molecule has 0 aliphatic rings. The van der Waals surface area contributed by atoms with E-state index in [0.29, 0.717) is 5.95 Å². The molecule has 0 aromatic carbocycles. The third-order valence-electron chi connectivity index (χ3n) is 2.70. The number of nitrogens with one attached hydrogen (secondary N) is 2. The maximum Gasteiger partial charge on any atom is 0.224 e. The summed E-state index contributed by atoms with van der Waals surface area (Å²) in [6.07, 6.45) is 6.64. The zero-order chi connectivity index (χ0) is 13.2. The van der Waals surface area contributed by atoms with E-state index in [-0.39, 0.29) is 0 Å². The number of aromatic nitrogens is 2. The average molecular weight is 250 g/mol. The lowest BCUT2D eigenvalue weighted by Gasteiger charge is -2.08. The minimum atomic E-state index is 0.712. The SMILES string of the molecule is CCCNc1nccc(NCCCCC(C)C)n1. The Bertz CT molecular complexity index is 325. The van der Waals surface area contributed by atoms with Crippen molar-refractivity contribution in [2.24, 2.45) is 5.92 Å². The summed E-state index contributed by atoms with van der Waals surface area (Å²) < 4.78 is 0. The Hall–Kier alpha value is -1.32. The molecule has 0 aliphatic heterocycles. The second kappa shape index (κ2) is 8.72. The summed E-state index contributed by atoms with van der Waals surface area (Å²) in [4.78, 5) is 8.59. The first-order valence-corrected chi connectivity index (χ1v) is 7.03. The van der Waals surface area contributed by atoms with Crippen LogP contribution in [0.15, 0.2) is 12.3 Å². The van der Waals surface area contributed by atoms with Gasteiger partial charge in [-0.1, -0.05) is 33.6 Å². The summed E-state index contributed by atoms with van der Waals surface area (Å²) in [7, 11) is 0. The van der Waals surface area contributed by atoms with E-state index in [2.05, 4.69) is 41.4 Å². The first kappa shape index (κ1) is 14.7. The van der Waals surface area contributed by atoms with Crippen LogP contribution in [0.1, 0.15) is 46.5 Å². The Balaban J connectivity index is 2.24. The smallest absolute Gasteiger partial charge is 0.224 e. The van der Waals surface area contributed by atoms with Crippen molar-refractivity contribution < 1.29 is 0 Å². The van der Waals surface area contributed by atoms with Gasteiger partial charge >= 0.3 is 0 Å². The van der Waals surface area contributed by atoms with Crippen molar-refractivity contribution in [1.82, 2.24) is 9.97 Å². The van der Waals surface area contributed by atoms with E-state index in [0.717, 1.165) is 31.2 Å². The van der Waals surface area contributed by atoms with E-state index in [4.69, 9.17) is 0 Å². The van der Waals surface area contributed by atoms with Crippen molar-refractivity contribution in [2.45, 2.75) is 46.5 Å². The fourth-order valence-corrected chi connectivity index (χ4v) is 1.67. The van der Waals surface area contributed by atoms with Gasteiger partial charge in [-0.15, -0.1) is 0 Å². The molecule has 0 atom stereocenters. The molecule has 102 valence electrons. The van der Waals surface area contributed by atoms with E-state index in [1.54, 1.807) is 6.20 Å². The summed E-state index contributed by atoms with van der Waals surface area (Å²) in [5.74, 6) is 2.42. The maximum atomic E-state index is 4.41. The lowest BCUT2D eigenvalue weighted by molar-refractivity contribution is 0.544. The molecule has 1 aromatic rings. The molecule has 0 spiro atoms.